The highest BCUT2D eigenvalue weighted by molar-refractivity contribution is 9.10. The van der Waals surface area contributed by atoms with E-state index < -0.39 is 0 Å². The molecule has 0 saturated carbocycles. The summed E-state index contributed by atoms with van der Waals surface area (Å²) in [6, 6.07) is 6.87. The summed E-state index contributed by atoms with van der Waals surface area (Å²) in [6.07, 6.45) is 0. The molecule has 90 valence electrons. The van der Waals surface area contributed by atoms with Gasteiger partial charge in [-0.05, 0) is 19.1 Å². The van der Waals surface area contributed by atoms with Crippen LogP contribution in [0.2, 0.25) is 0 Å². The molecule has 0 aliphatic heterocycles. The molecule has 1 aromatic heterocycles. The van der Waals surface area contributed by atoms with Crippen molar-refractivity contribution >= 4 is 15.9 Å². The molecule has 2 aromatic rings. The second-order valence-corrected chi connectivity index (χ2v) is 4.69. The fraction of sp³-hybridized carbons (Fsp3) is 0.250. The van der Waals surface area contributed by atoms with Crippen LogP contribution in [0, 0.1) is 12.7 Å². The highest BCUT2D eigenvalue weighted by atomic mass is 79.9. The monoisotopic (exact) mass is 298 g/mol. The summed E-state index contributed by atoms with van der Waals surface area (Å²) < 4.78 is 19.3. The number of halogens is 2. The Bertz CT molecular complexity index is 513. The van der Waals surface area contributed by atoms with E-state index in [1.165, 1.54) is 6.07 Å². The van der Waals surface area contributed by atoms with Crippen molar-refractivity contribution in [2.75, 3.05) is 0 Å². The molecular formula is C12H12BrFN2O. The van der Waals surface area contributed by atoms with Gasteiger partial charge in [-0.2, -0.15) is 0 Å². The van der Waals surface area contributed by atoms with Crippen LogP contribution in [0.15, 0.2) is 33.3 Å². The van der Waals surface area contributed by atoms with Gasteiger partial charge in [0.1, 0.15) is 5.82 Å². The van der Waals surface area contributed by atoms with Crippen LogP contribution in [-0.4, -0.2) is 5.16 Å². The summed E-state index contributed by atoms with van der Waals surface area (Å²) in [4.78, 5) is 0. The van der Waals surface area contributed by atoms with E-state index in [0.717, 1.165) is 15.9 Å². The van der Waals surface area contributed by atoms with Gasteiger partial charge in [0, 0.05) is 22.6 Å². The molecule has 1 N–H and O–H groups in total. The minimum absolute atomic E-state index is 0.222. The van der Waals surface area contributed by atoms with Crippen LogP contribution >= 0.6 is 15.9 Å². The first-order valence-electron chi connectivity index (χ1n) is 5.22. The molecule has 0 unspecified atom stereocenters. The van der Waals surface area contributed by atoms with Crippen molar-refractivity contribution in [3.05, 3.63) is 51.6 Å². The van der Waals surface area contributed by atoms with Crippen LogP contribution in [0.4, 0.5) is 4.39 Å². The SMILES string of the molecule is Cc1cc(CNCc2ccc(Br)cc2F)on1. The van der Waals surface area contributed by atoms with Crippen molar-refractivity contribution < 1.29 is 8.91 Å². The molecule has 3 nitrogen and oxygen atoms in total. The van der Waals surface area contributed by atoms with Crippen LogP contribution in [0.25, 0.3) is 0 Å². The number of aryl methyl sites for hydroxylation is 1. The van der Waals surface area contributed by atoms with Crippen LogP contribution in [-0.2, 0) is 13.1 Å². The van der Waals surface area contributed by atoms with Gasteiger partial charge in [0.25, 0.3) is 0 Å². The largest absolute Gasteiger partial charge is 0.360 e. The third-order valence-electron chi connectivity index (χ3n) is 2.31. The number of nitrogens with one attached hydrogen (secondary N) is 1. The standard InChI is InChI=1S/C12H12BrFN2O/c1-8-4-11(17-16-8)7-15-6-9-2-3-10(13)5-12(9)14/h2-5,15H,6-7H2,1H3. The van der Waals surface area contributed by atoms with E-state index in [9.17, 15) is 4.39 Å². The Morgan fingerprint density at radius 2 is 2.18 bits per heavy atom. The molecule has 0 aliphatic rings. The lowest BCUT2D eigenvalue weighted by atomic mass is 10.2. The first-order chi connectivity index (χ1) is 8.15. The predicted octanol–water partition coefficient (Wildman–Crippen LogP) is 3.17. The quantitative estimate of drug-likeness (QED) is 0.942. The third kappa shape index (κ3) is 3.38. The molecule has 0 atom stereocenters. The average molecular weight is 299 g/mol. The number of benzene rings is 1. The number of hydrogen-bond donors (Lipinski definition) is 1. The molecule has 0 saturated heterocycles. The summed E-state index contributed by atoms with van der Waals surface area (Å²) in [7, 11) is 0. The zero-order chi connectivity index (χ0) is 12.3. The average Bonchev–Trinajstić information content (AvgIpc) is 2.68. The maximum absolute atomic E-state index is 13.5. The summed E-state index contributed by atoms with van der Waals surface area (Å²) in [5, 5.41) is 6.88. The number of hydrogen-bond acceptors (Lipinski definition) is 3. The summed E-state index contributed by atoms with van der Waals surface area (Å²) in [6.45, 7) is 2.86. The van der Waals surface area contributed by atoms with Gasteiger partial charge in [0.05, 0.1) is 12.2 Å². The Morgan fingerprint density at radius 3 is 2.82 bits per heavy atom. The van der Waals surface area contributed by atoms with Crippen LogP contribution in [0.1, 0.15) is 17.0 Å². The Kier molecular flexibility index (Phi) is 3.91. The molecule has 5 heteroatoms. The third-order valence-corrected chi connectivity index (χ3v) is 2.80. The molecule has 2 rings (SSSR count). The van der Waals surface area contributed by atoms with Crippen molar-refractivity contribution in [2.45, 2.75) is 20.0 Å². The normalized spacial score (nSPS) is 10.8. The molecule has 0 spiro atoms. The fourth-order valence-corrected chi connectivity index (χ4v) is 1.82. The van der Waals surface area contributed by atoms with Gasteiger partial charge < -0.3 is 9.84 Å². The molecule has 1 aromatic carbocycles. The van der Waals surface area contributed by atoms with Gasteiger partial charge in [-0.25, -0.2) is 4.39 Å². The Balaban J connectivity index is 1.90. The second-order valence-electron chi connectivity index (χ2n) is 3.77. The van der Waals surface area contributed by atoms with Gasteiger partial charge >= 0.3 is 0 Å². The molecule has 0 aliphatic carbocycles. The number of rotatable bonds is 4. The zero-order valence-corrected chi connectivity index (χ0v) is 10.9. The first-order valence-corrected chi connectivity index (χ1v) is 6.01. The van der Waals surface area contributed by atoms with Crippen LogP contribution < -0.4 is 5.32 Å². The van der Waals surface area contributed by atoms with Crippen molar-refractivity contribution in [2.24, 2.45) is 0 Å². The molecule has 0 fully saturated rings. The van der Waals surface area contributed by atoms with E-state index in [0.29, 0.717) is 18.7 Å². The van der Waals surface area contributed by atoms with Gasteiger partial charge in [-0.15, -0.1) is 0 Å². The minimum Gasteiger partial charge on any atom is -0.360 e. The first kappa shape index (κ1) is 12.3. The lowest BCUT2D eigenvalue weighted by Crippen LogP contribution is -2.13. The van der Waals surface area contributed by atoms with E-state index in [4.69, 9.17) is 4.52 Å². The highest BCUT2D eigenvalue weighted by Crippen LogP contribution is 2.15. The fourth-order valence-electron chi connectivity index (χ4n) is 1.49. The van der Waals surface area contributed by atoms with Gasteiger partial charge in [-0.1, -0.05) is 27.2 Å². The van der Waals surface area contributed by atoms with Crippen LogP contribution in [0.3, 0.4) is 0 Å². The Labute approximate surface area is 107 Å². The van der Waals surface area contributed by atoms with Crippen molar-refractivity contribution in [1.82, 2.24) is 10.5 Å². The summed E-state index contributed by atoms with van der Waals surface area (Å²) in [5.41, 5.74) is 1.47. The van der Waals surface area contributed by atoms with E-state index in [1.807, 2.05) is 19.1 Å². The van der Waals surface area contributed by atoms with Crippen molar-refractivity contribution in [3.8, 4) is 0 Å². The lowest BCUT2D eigenvalue weighted by molar-refractivity contribution is 0.369. The molecule has 0 bridgehead atoms. The molecule has 0 radical (unpaired) electrons. The predicted molar refractivity (Wildman–Crippen MR) is 65.9 cm³/mol. The maximum Gasteiger partial charge on any atom is 0.150 e. The Hall–Kier alpha value is -1.20. The van der Waals surface area contributed by atoms with Crippen molar-refractivity contribution in [1.29, 1.82) is 0 Å². The number of nitrogens with zero attached hydrogens (tertiary/aromatic N) is 1. The van der Waals surface area contributed by atoms with E-state index >= 15 is 0 Å². The minimum atomic E-state index is -0.222. The molecule has 17 heavy (non-hydrogen) atoms. The van der Waals surface area contributed by atoms with Gasteiger partial charge in [0.15, 0.2) is 5.76 Å². The van der Waals surface area contributed by atoms with E-state index in [2.05, 4.69) is 26.4 Å². The Morgan fingerprint density at radius 1 is 1.35 bits per heavy atom. The molecule has 1 heterocycles. The smallest absolute Gasteiger partial charge is 0.150 e. The van der Waals surface area contributed by atoms with E-state index in [-0.39, 0.29) is 5.82 Å². The van der Waals surface area contributed by atoms with Gasteiger partial charge in [-0.3, -0.25) is 0 Å². The number of aromatic nitrogens is 1. The van der Waals surface area contributed by atoms with E-state index in [1.54, 1.807) is 6.07 Å². The molecule has 0 amide bonds. The summed E-state index contributed by atoms with van der Waals surface area (Å²) >= 11 is 3.22. The zero-order valence-electron chi connectivity index (χ0n) is 9.34. The van der Waals surface area contributed by atoms with Gasteiger partial charge in [0.2, 0.25) is 0 Å². The maximum atomic E-state index is 13.5. The lowest BCUT2D eigenvalue weighted by Gasteiger charge is -2.04. The highest BCUT2D eigenvalue weighted by Gasteiger charge is 2.04. The molecular weight excluding hydrogens is 287 g/mol. The summed E-state index contributed by atoms with van der Waals surface area (Å²) in [5.74, 6) is 0.528. The van der Waals surface area contributed by atoms with Crippen molar-refractivity contribution in [3.63, 3.8) is 0 Å². The topological polar surface area (TPSA) is 38.1 Å². The second kappa shape index (κ2) is 5.42. The van der Waals surface area contributed by atoms with Crippen LogP contribution in [0.5, 0.6) is 0 Å².